The van der Waals surface area contributed by atoms with E-state index in [1.165, 1.54) is 30.6 Å². The van der Waals surface area contributed by atoms with Crippen LogP contribution in [0.2, 0.25) is 0 Å². The minimum absolute atomic E-state index is 0.0469. The summed E-state index contributed by atoms with van der Waals surface area (Å²) in [6, 6.07) is 6.53. The molecule has 0 saturated heterocycles. The maximum absolute atomic E-state index is 12.1. The quantitative estimate of drug-likeness (QED) is 0.508. The Hall–Kier alpha value is -3.27. The zero-order valence-electron chi connectivity index (χ0n) is 13.0. The third-order valence-electron chi connectivity index (χ3n) is 2.82. The molecule has 0 unspecified atom stereocenters. The minimum atomic E-state index is -4.27. The fourth-order valence-corrected chi connectivity index (χ4v) is 2.65. The molecule has 0 saturated carbocycles. The van der Waals surface area contributed by atoms with Crippen molar-refractivity contribution in [2.45, 2.75) is 6.42 Å². The molecule has 0 spiro atoms. The van der Waals surface area contributed by atoms with Crippen LogP contribution in [0.4, 0.5) is 16.4 Å². The van der Waals surface area contributed by atoms with Crippen molar-refractivity contribution in [1.29, 1.82) is 0 Å². The van der Waals surface area contributed by atoms with E-state index in [2.05, 4.69) is 26.6 Å². The Morgan fingerprint density at radius 3 is 2.48 bits per heavy atom. The topological polar surface area (TPSA) is 130 Å². The van der Waals surface area contributed by atoms with Crippen LogP contribution >= 0.6 is 0 Å². The predicted octanol–water partition coefficient (Wildman–Crippen LogP) is 1.71. The van der Waals surface area contributed by atoms with Crippen LogP contribution in [0.25, 0.3) is 0 Å². The van der Waals surface area contributed by atoms with Crippen LogP contribution < -0.4 is 14.8 Å². The highest BCUT2D eigenvalue weighted by Crippen LogP contribution is 2.18. The number of nitrogens with one attached hydrogen (secondary N) is 3. The number of hydrogen-bond donors (Lipinski definition) is 3. The summed E-state index contributed by atoms with van der Waals surface area (Å²) in [5.41, 5.74) is 0.213. The SMILES string of the molecule is C=CCC(=O)c1ccccc1NS(=O)(=O)NC(=O)Nc1ncccn1. The molecule has 1 aromatic carbocycles. The fraction of sp³-hybridized carbons (Fsp3) is 0.0667. The van der Waals surface area contributed by atoms with Crippen LogP contribution in [0.1, 0.15) is 16.8 Å². The van der Waals surface area contributed by atoms with Crippen LogP contribution in [0.15, 0.2) is 55.4 Å². The van der Waals surface area contributed by atoms with Crippen LogP contribution in [0, 0.1) is 0 Å². The van der Waals surface area contributed by atoms with Gasteiger partial charge in [-0.25, -0.2) is 19.5 Å². The van der Waals surface area contributed by atoms with Crippen molar-refractivity contribution in [2.24, 2.45) is 0 Å². The van der Waals surface area contributed by atoms with Gasteiger partial charge in [0.2, 0.25) is 5.95 Å². The second-order valence-electron chi connectivity index (χ2n) is 4.70. The number of allylic oxidation sites excluding steroid dienone is 1. The van der Waals surface area contributed by atoms with Gasteiger partial charge in [-0.05, 0) is 18.2 Å². The summed E-state index contributed by atoms with van der Waals surface area (Å²) in [6.07, 6.45) is 4.24. The van der Waals surface area contributed by atoms with Crippen molar-refractivity contribution < 1.29 is 18.0 Å². The maximum Gasteiger partial charge on any atom is 0.336 e. The smallest absolute Gasteiger partial charge is 0.294 e. The number of carbonyl (C=O) groups excluding carboxylic acids is 2. The first kappa shape index (κ1) is 18.1. The highest BCUT2D eigenvalue weighted by Gasteiger charge is 2.18. The van der Waals surface area contributed by atoms with Crippen LogP contribution in [-0.2, 0) is 10.2 Å². The molecule has 1 aromatic heterocycles. The van der Waals surface area contributed by atoms with E-state index in [0.717, 1.165) is 0 Å². The Kier molecular flexibility index (Phi) is 5.79. The number of nitrogens with zero attached hydrogens (tertiary/aromatic N) is 2. The van der Waals surface area contributed by atoms with E-state index in [0.29, 0.717) is 0 Å². The molecule has 3 N–H and O–H groups in total. The Morgan fingerprint density at radius 2 is 1.80 bits per heavy atom. The van der Waals surface area contributed by atoms with Gasteiger partial charge < -0.3 is 0 Å². The third-order valence-corrected chi connectivity index (χ3v) is 3.76. The molecule has 2 rings (SSSR count). The molecule has 1 heterocycles. The highest BCUT2D eigenvalue weighted by molar-refractivity contribution is 7.91. The molecule has 0 bridgehead atoms. The number of urea groups is 1. The van der Waals surface area contributed by atoms with Gasteiger partial charge in [0.05, 0.1) is 5.69 Å². The largest absolute Gasteiger partial charge is 0.336 e. The van der Waals surface area contributed by atoms with E-state index >= 15 is 0 Å². The normalized spacial score (nSPS) is 10.6. The molecule has 0 aliphatic carbocycles. The van der Waals surface area contributed by atoms with Crippen molar-refractivity contribution in [2.75, 3.05) is 10.0 Å². The molecule has 0 fully saturated rings. The summed E-state index contributed by atoms with van der Waals surface area (Å²) in [7, 11) is -4.27. The monoisotopic (exact) mass is 361 g/mol. The first-order valence-corrected chi connectivity index (χ1v) is 8.51. The molecular formula is C15H15N5O4S. The zero-order chi connectivity index (χ0) is 18.3. The second kappa shape index (κ2) is 8.02. The average Bonchev–Trinajstić information content (AvgIpc) is 2.55. The number of hydrogen-bond acceptors (Lipinski definition) is 6. The number of anilines is 2. The Morgan fingerprint density at radius 1 is 1.12 bits per heavy atom. The summed E-state index contributed by atoms with van der Waals surface area (Å²) in [6.45, 7) is 3.47. The Labute approximate surface area is 144 Å². The van der Waals surface area contributed by atoms with Crippen LogP contribution in [0.5, 0.6) is 0 Å². The molecule has 2 amide bonds. The number of carbonyl (C=O) groups is 2. The van der Waals surface area contributed by atoms with Gasteiger partial charge in [-0.3, -0.25) is 14.8 Å². The van der Waals surface area contributed by atoms with Crippen molar-refractivity contribution in [3.63, 3.8) is 0 Å². The van der Waals surface area contributed by atoms with E-state index in [4.69, 9.17) is 0 Å². The maximum atomic E-state index is 12.1. The molecule has 0 atom stereocenters. The zero-order valence-corrected chi connectivity index (χ0v) is 13.8. The number of benzene rings is 1. The molecule has 9 nitrogen and oxygen atoms in total. The summed E-state index contributed by atoms with van der Waals surface area (Å²) in [4.78, 5) is 31.2. The molecule has 130 valence electrons. The highest BCUT2D eigenvalue weighted by atomic mass is 32.2. The minimum Gasteiger partial charge on any atom is -0.294 e. The summed E-state index contributed by atoms with van der Waals surface area (Å²) in [5, 5.41) is 2.17. The van der Waals surface area contributed by atoms with Gasteiger partial charge in [0.1, 0.15) is 0 Å². The lowest BCUT2D eigenvalue weighted by atomic mass is 10.1. The van der Waals surface area contributed by atoms with Gasteiger partial charge in [-0.1, -0.05) is 18.2 Å². The first-order chi connectivity index (χ1) is 11.9. The predicted molar refractivity (Wildman–Crippen MR) is 92.3 cm³/mol. The van der Waals surface area contributed by atoms with Gasteiger partial charge in [0.25, 0.3) is 0 Å². The number of amides is 2. The van der Waals surface area contributed by atoms with E-state index < -0.39 is 16.2 Å². The lowest BCUT2D eigenvalue weighted by molar-refractivity contribution is 0.0996. The van der Waals surface area contributed by atoms with Crippen LogP contribution in [0.3, 0.4) is 0 Å². The molecule has 0 aliphatic rings. The summed E-state index contributed by atoms with van der Waals surface area (Å²) < 4.78 is 28.1. The standard InChI is InChI=1S/C15H15N5O4S/c1-2-6-13(21)11-7-3-4-8-12(11)19-25(23,24)20-15(22)18-14-16-9-5-10-17-14/h2-5,7-10,19H,1,6H2,(H2,16,17,18,20,22). The van der Waals surface area contributed by atoms with E-state index in [9.17, 15) is 18.0 Å². The van der Waals surface area contributed by atoms with Crippen molar-refractivity contribution >= 4 is 33.7 Å². The molecule has 2 aromatic rings. The number of aromatic nitrogens is 2. The van der Waals surface area contributed by atoms with Gasteiger partial charge in [0.15, 0.2) is 5.78 Å². The molecule has 0 aliphatic heterocycles. The van der Waals surface area contributed by atoms with Crippen molar-refractivity contribution in [3.8, 4) is 0 Å². The number of ketones is 1. The van der Waals surface area contributed by atoms with E-state index in [1.807, 2.05) is 0 Å². The fourth-order valence-electron chi connectivity index (χ4n) is 1.84. The van der Waals surface area contributed by atoms with Gasteiger partial charge in [-0.15, -0.1) is 6.58 Å². The van der Waals surface area contributed by atoms with E-state index in [1.54, 1.807) is 22.9 Å². The Balaban J connectivity index is 2.10. The van der Waals surface area contributed by atoms with Crippen molar-refractivity contribution in [1.82, 2.24) is 14.7 Å². The summed E-state index contributed by atoms with van der Waals surface area (Å²) in [5.74, 6) is -0.368. The third kappa shape index (κ3) is 5.39. The Bertz CT molecular complexity index is 884. The lowest BCUT2D eigenvalue weighted by Crippen LogP contribution is -2.38. The van der Waals surface area contributed by atoms with Crippen LogP contribution in [-0.4, -0.2) is 30.2 Å². The number of para-hydroxylation sites is 1. The van der Waals surface area contributed by atoms with Gasteiger partial charge in [-0.2, -0.15) is 8.42 Å². The van der Waals surface area contributed by atoms with E-state index in [-0.39, 0.29) is 29.4 Å². The van der Waals surface area contributed by atoms with Crippen molar-refractivity contribution in [3.05, 3.63) is 60.9 Å². The van der Waals surface area contributed by atoms with Gasteiger partial charge >= 0.3 is 16.2 Å². The number of rotatable bonds is 7. The second-order valence-corrected chi connectivity index (χ2v) is 6.11. The molecule has 0 radical (unpaired) electrons. The molecular weight excluding hydrogens is 346 g/mol. The first-order valence-electron chi connectivity index (χ1n) is 7.03. The molecule has 10 heteroatoms. The molecule has 25 heavy (non-hydrogen) atoms. The average molecular weight is 361 g/mol. The lowest BCUT2D eigenvalue weighted by Gasteiger charge is -2.12. The summed E-state index contributed by atoms with van der Waals surface area (Å²) >= 11 is 0. The van der Waals surface area contributed by atoms with Gasteiger partial charge in [0, 0.05) is 24.4 Å². The number of Topliss-reactive ketones (excluding diaryl/α,β-unsaturated/α-hetero) is 1.